The summed E-state index contributed by atoms with van der Waals surface area (Å²) in [7, 11) is 0. The zero-order chi connectivity index (χ0) is 15.1. The Labute approximate surface area is 124 Å². The number of nitrogens with zero attached hydrogens (tertiary/aromatic N) is 2. The van der Waals surface area contributed by atoms with Crippen LogP contribution in [0.4, 0.5) is 0 Å². The van der Waals surface area contributed by atoms with E-state index in [2.05, 4.69) is 9.97 Å². The Bertz CT molecular complexity index is 597. The molecule has 1 atom stereocenters. The summed E-state index contributed by atoms with van der Waals surface area (Å²) in [4.78, 5) is 32.6. The van der Waals surface area contributed by atoms with Gasteiger partial charge < -0.3 is 0 Å². The highest BCUT2D eigenvalue weighted by Gasteiger charge is 2.23. The molecule has 4 heteroatoms. The average Bonchev–Trinajstić information content (AvgIpc) is 2.54. The van der Waals surface area contributed by atoms with Gasteiger partial charge in [-0.2, -0.15) is 0 Å². The molecule has 0 N–H and O–H groups in total. The van der Waals surface area contributed by atoms with Gasteiger partial charge in [-0.3, -0.25) is 19.6 Å². The Hall–Kier alpha value is -2.36. The van der Waals surface area contributed by atoms with Crippen LogP contribution in [0.3, 0.4) is 0 Å². The molecule has 0 saturated heterocycles. The predicted octanol–water partition coefficient (Wildman–Crippen LogP) is 3.20. The summed E-state index contributed by atoms with van der Waals surface area (Å²) in [6.07, 6.45) is 7.89. The summed E-state index contributed by atoms with van der Waals surface area (Å²) in [5, 5.41) is 0. The molecular weight excluding hydrogens is 264 g/mol. The molecule has 21 heavy (non-hydrogen) atoms. The number of pyridine rings is 2. The van der Waals surface area contributed by atoms with Gasteiger partial charge in [-0.1, -0.05) is 13.0 Å². The monoisotopic (exact) mass is 282 g/mol. The second-order valence-electron chi connectivity index (χ2n) is 4.92. The normalized spacial score (nSPS) is 11.9. The summed E-state index contributed by atoms with van der Waals surface area (Å²) in [6, 6.07) is 7.08. The maximum Gasteiger partial charge on any atom is 0.165 e. The first-order valence-corrected chi connectivity index (χ1v) is 7.08. The molecular formula is C17H18N2O2. The third kappa shape index (κ3) is 4.05. The lowest BCUT2D eigenvalue weighted by Crippen LogP contribution is -2.17. The van der Waals surface area contributed by atoms with Gasteiger partial charge in [0.1, 0.15) is 5.78 Å². The van der Waals surface area contributed by atoms with E-state index in [1.54, 1.807) is 36.8 Å². The maximum absolute atomic E-state index is 12.3. The molecule has 2 aromatic rings. The van der Waals surface area contributed by atoms with Crippen LogP contribution in [-0.4, -0.2) is 21.5 Å². The highest BCUT2D eigenvalue weighted by atomic mass is 16.1. The summed E-state index contributed by atoms with van der Waals surface area (Å²) in [5.74, 6) is -0.407. The SMILES string of the molecule is CCCC(=O)C(CC(=O)c1cccnc1)c1cccnc1. The van der Waals surface area contributed by atoms with Crippen LogP contribution in [0.1, 0.15) is 48.0 Å². The predicted molar refractivity (Wildman–Crippen MR) is 80.1 cm³/mol. The van der Waals surface area contributed by atoms with Crippen molar-refractivity contribution in [3.05, 3.63) is 60.2 Å². The fourth-order valence-electron chi connectivity index (χ4n) is 2.25. The number of carbonyl (C=O) groups excluding carboxylic acids is 2. The van der Waals surface area contributed by atoms with E-state index >= 15 is 0 Å². The number of aromatic nitrogens is 2. The van der Waals surface area contributed by atoms with Crippen LogP contribution >= 0.6 is 0 Å². The molecule has 0 amide bonds. The topological polar surface area (TPSA) is 59.9 Å². The quantitative estimate of drug-likeness (QED) is 0.732. The molecule has 0 aliphatic carbocycles. The van der Waals surface area contributed by atoms with Crippen molar-refractivity contribution >= 4 is 11.6 Å². The minimum Gasteiger partial charge on any atom is -0.299 e. The Morgan fingerprint density at radius 1 is 1.10 bits per heavy atom. The number of Topliss-reactive ketones (excluding diaryl/α,β-unsaturated/α-hetero) is 2. The van der Waals surface area contributed by atoms with Gasteiger partial charge in [-0.15, -0.1) is 0 Å². The van der Waals surface area contributed by atoms with Crippen LogP contribution in [-0.2, 0) is 4.79 Å². The Morgan fingerprint density at radius 3 is 2.38 bits per heavy atom. The first-order valence-electron chi connectivity index (χ1n) is 7.08. The highest BCUT2D eigenvalue weighted by molar-refractivity contribution is 6.00. The zero-order valence-corrected chi connectivity index (χ0v) is 12.0. The lowest BCUT2D eigenvalue weighted by Gasteiger charge is -2.15. The lowest BCUT2D eigenvalue weighted by molar-refractivity contribution is -0.120. The van der Waals surface area contributed by atoms with E-state index in [-0.39, 0.29) is 18.0 Å². The van der Waals surface area contributed by atoms with Crippen molar-refractivity contribution in [2.75, 3.05) is 0 Å². The number of hydrogen-bond donors (Lipinski definition) is 0. The molecule has 2 rings (SSSR count). The van der Waals surface area contributed by atoms with E-state index in [0.29, 0.717) is 12.0 Å². The third-order valence-corrected chi connectivity index (χ3v) is 3.34. The van der Waals surface area contributed by atoms with Crippen LogP contribution in [0, 0.1) is 0 Å². The standard InChI is InChI=1S/C17H18N2O2/c1-2-5-16(20)15(13-6-3-8-18-11-13)10-17(21)14-7-4-9-19-12-14/h3-4,6-9,11-12,15H,2,5,10H2,1H3. The van der Waals surface area contributed by atoms with Gasteiger partial charge in [0, 0.05) is 43.2 Å². The van der Waals surface area contributed by atoms with Gasteiger partial charge >= 0.3 is 0 Å². The molecule has 0 fully saturated rings. The number of ketones is 2. The van der Waals surface area contributed by atoms with Crippen molar-refractivity contribution in [1.82, 2.24) is 9.97 Å². The smallest absolute Gasteiger partial charge is 0.165 e. The minimum atomic E-state index is -0.425. The van der Waals surface area contributed by atoms with Gasteiger partial charge in [0.15, 0.2) is 5.78 Å². The minimum absolute atomic E-state index is 0.0681. The molecule has 0 aromatic carbocycles. The Kier molecular flexibility index (Phi) is 5.32. The molecule has 1 unspecified atom stereocenters. The van der Waals surface area contributed by atoms with E-state index < -0.39 is 5.92 Å². The van der Waals surface area contributed by atoms with Crippen LogP contribution in [0.5, 0.6) is 0 Å². The second-order valence-corrected chi connectivity index (χ2v) is 4.92. The van der Waals surface area contributed by atoms with E-state index in [1.807, 2.05) is 13.0 Å². The Balaban J connectivity index is 2.20. The average molecular weight is 282 g/mol. The second kappa shape index (κ2) is 7.43. The third-order valence-electron chi connectivity index (χ3n) is 3.34. The van der Waals surface area contributed by atoms with E-state index in [9.17, 15) is 9.59 Å². The van der Waals surface area contributed by atoms with Gasteiger partial charge in [-0.05, 0) is 30.2 Å². The number of rotatable bonds is 7. The fraction of sp³-hybridized carbons (Fsp3) is 0.294. The van der Waals surface area contributed by atoms with Crippen molar-refractivity contribution < 1.29 is 9.59 Å². The van der Waals surface area contributed by atoms with Crippen molar-refractivity contribution in [2.45, 2.75) is 32.1 Å². The van der Waals surface area contributed by atoms with Crippen LogP contribution in [0.15, 0.2) is 49.1 Å². The van der Waals surface area contributed by atoms with Gasteiger partial charge in [0.2, 0.25) is 0 Å². The molecule has 2 heterocycles. The van der Waals surface area contributed by atoms with Crippen molar-refractivity contribution in [3.63, 3.8) is 0 Å². The molecule has 0 bridgehead atoms. The van der Waals surface area contributed by atoms with E-state index in [1.165, 1.54) is 6.20 Å². The molecule has 0 spiro atoms. The molecule has 0 saturated carbocycles. The van der Waals surface area contributed by atoms with Crippen LogP contribution in [0.25, 0.3) is 0 Å². The summed E-state index contributed by atoms with van der Waals surface area (Å²) >= 11 is 0. The van der Waals surface area contributed by atoms with Gasteiger partial charge in [-0.25, -0.2) is 0 Å². The molecule has 0 aliphatic heterocycles. The molecule has 4 nitrogen and oxygen atoms in total. The molecule has 0 radical (unpaired) electrons. The zero-order valence-electron chi connectivity index (χ0n) is 12.0. The van der Waals surface area contributed by atoms with E-state index in [0.717, 1.165) is 12.0 Å². The van der Waals surface area contributed by atoms with E-state index in [4.69, 9.17) is 0 Å². The van der Waals surface area contributed by atoms with Crippen LogP contribution in [0.2, 0.25) is 0 Å². The lowest BCUT2D eigenvalue weighted by atomic mass is 9.87. The number of hydrogen-bond acceptors (Lipinski definition) is 4. The van der Waals surface area contributed by atoms with Crippen LogP contribution < -0.4 is 0 Å². The van der Waals surface area contributed by atoms with Gasteiger partial charge in [0.05, 0.1) is 5.92 Å². The fourth-order valence-corrected chi connectivity index (χ4v) is 2.25. The maximum atomic E-state index is 12.3. The van der Waals surface area contributed by atoms with Crippen molar-refractivity contribution in [2.24, 2.45) is 0 Å². The summed E-state index contributed by atoms with van der Waals surface area (Å²) in [5.41, 5.74) is 1.34. The summed E-state index contributed by atoms with van der Waals surface area (Å²) < 4.78 is 0. The van der Waals surface area contributed by atoms with Crippen molar-refractivity contribution in [3.8, 4) is 0 Å². The molecule has 108 valence electrons. The molecule has 0 aliphatic rings. The first-order chi connectivity index (χ1) is 10.2. The Morgan fingerprint density at radius 2 is 1.81 bits per heavy atom. The van der Waals surface area contributed by atoms with Crippen molar-refractivity contribution in [1.29, 1.82) is 0 Å². The number of carbonyl (C=O) groups is 2. The molecule has 2 aromatic heterocycles. The van der Waals surface area contributed by atoms with Gasteiger partial charge in [0.25, 0.3) is 0 Å². The highest BCUT2D eigenvalue weighted by Crippen LogP contribution is 2.24. The first kappa shape index (κ1) is 15.0. The summed E-state index contributed by atoms with van der Waals surface area (Å²) in [6.45, 7) is 1.96. The largest absolute Gasteiger partial charge is 0.299 e.